The molecule has 4 nitrogen and oxygen atoms in total. The first kappa shape index (κ1) is 18.7. The summed E-state index contributed by atoms with van der Waals surface area (Å²) in [6, 6.07) is 14.0. The summed E-state index contributed by atoms with van der Waals surface area (Å²) in [7, 11) is 1.79. The Kier molecular flexibility index (Phi) is 4.95. The van der Waals surface area contributed by atoms with Crippen LogP contribution in [0.25, 0.3) is 20.8 Å². The van der Waals surface area contributed by atoms with Crippen molar-refractivity contribution in [1.82, 2.24) is 14.9 Å². The fraction of sp³-hybridized carbons (Fsp3) is 0.190. The Hall–Kier alpha value is -2.64. The number of hydrogen-bond acceptors (Lipinski definition) is 5. The van der Waals surface area contributed by atoms with Gasteiger partial charge in [-0.25, -0.2) is 14.4 Å². The molecule has 0 saturated carbocycles. The van der Waals surface area contributed by atoms with Crippen LogP contribution in [0.5, 0.6) is 0 Å². The van der Waals surface area contributed by atoms with Crippen LogP contribution in [0.3, 0.4) is 0 Å². The smallest absolute Gasteiger partial charge is 0.266 e. The maximum absolute atomic E-state index is 13.2. The second-order valence-corrected chi connectivity index (χ2v) is 8.61. The van der Waals surface area contributed by atoms with Crippen LogP contribution in [-0.2, 0) is 0 Å². The molecule has 2 aromatic carbocycles. The van der Waals surface area contributed by atoms with E-state index in [-0.39, 0.29) is 17.8 Å². The molecule has 0 spiro atoms. The number of halogens is 1. The van der Waals surface area contributed by atoms with Gasteiger partial charge in [-0.3, -0.25) is 4.79 Å². The lowest BCUT2D eigenvalue weighted by atomic mass is 10.2. The number of benzene rings is 2. The van der Waals surface area contributed by atoms with E-state index in [9.17, 15) is 9.18 Å². The summed E-state index contributed by atoms with van der Waals surface area (Å²) in [4.78, 5) is 24.6. The van der Waals surface area contributed by atoms with Crippen LogP contribution in [0.15, 0.2) is 48.5 Å². The molecule has 28 heavy (non-hydrogen) atoms. The second-order valence-electron chi connectivity index (χ2n) is 6.55. The van der Waals surface area contributed by atoms with Gasteiger partial charge >= 0.3 is 0 Å². The maximum Gasteiger partial charge on any atom is 0.266 e. The first-order valence-corrected chi connectivity index (χ1v) is 10.4. The molecule has 0 aliphatic carbocycles. The number of aromatic nitrogens is 2. The molecule has 2 aromatic heterocycles. The molecule has 0 aliphatic rings. The third-order valence-corrected chi connectivity index (χ3v) is 7.05. The SMILES string of the molecule is Cc1nc(-c2ccc(F)cc2)sc1C(=O)N(C)C(C)c1nc2ccccc2s1. The van der Waals surface area contributed by atoms with E-state index in [0.717, 1.165) is 20.8 Å². The van der Waals surface area contributed by atoms with Crippen LogP contribution in [0.4, 0.5) is 4.39 Å². The van der Waals surface area contributed by atoms with Crippen molar-refractivity contribution in [2.45, 2.75) is 19.9 Å². The van der Waals surface area contributed by atoms with Gasteiger partial charge in [0.2, 0.25) is 0 Å². The molecule has 0 N–H and O–H groups in total. The van der Waals surface area contributed by atoms with Gasteiger partial charge in [-0.2, -0.15) is 0 Å². The number of thiazole rings is 2. The zero-order valence-corrected chi connectivity index (χ0v) is 17.3. The fourth-order valence-corrected chi connectivity index (χ4v) is 5.00. The summed E-state index contributed by atoms with van der Waals surface area (Å²) < 4.78 is 14.3. The minimum atomic E-state index is -0.294. The van der Waals surface area contributed by atoms with Crippen LogP contribution in [-0.4, -0.2) is 27.8 Å². The van der Waals surface area contributed by atoms with E-state index in [1.54, 1.807) is 35.4 Å². The molecule has 142 valence electrons. The number of aryl methyl sites for hydroxylation is 1. The van der Waals surface area contributed by atoms with Gasteiger partial charge < -0.3 is 4.90 Å². The molecule has 0 radical (unpaired) electrons. The van der Waals surface area contributed by atoms with E-state index >= 15 is 0 Å². The van der Waals surface area contributed by atoms with E-state index in [2.05, 4.69) is 9.97 Å². The number of fused-ring (bicyclic) bond motifs is 1. The third kappa shape index (κ3) is 3.43. The largest absolute Gasteiger partial charge is 0.332 e. The first-order chi connectivity index (χ1) is 13.4. The Morgan fingerprint density at radius 2 is 1.79 bits per heavy atom. The molecular formula is C21H18FN3OS2. The number of hydrogen-bond donors (Lipinski definition) is 0. The van der Waals surface area contributed by atoms with Gasteiger partial charge in [0.05, 0.1) is 22.0 Å². The molecule has 4 aromatic rings. The highest BCUT2D eigenvalue weighted by molar-refractivity contribution is 7.18. The lowest BCUT2D eigenvalue weighted by molar-refractivity contribution is 0.0746. The summed E-state index contributed by atoms with van der Waals surface area (Å²) in [6.07, 6.45) is 0. The average molecular weight is 412 g/mol. The highest BCUT2D eigenvalue weighted by atomic mass is 32.1. The normalized spacial score (nSPS) is 12.3. The Balaban J connectivity index is 1.60. The van der Waals surface area contributed by atoms with E-state index in [1.165, 1.54) is 23.5 Å². The lowest BCUT2D eigenvalue weighted by Crippen LogP contribution is -2.29. The number of para-hydroxylation sites is 1. The molecule has 7 heteroatoms. The average Bonchev–Trinajstić information content (AvgIpc) is 3.30. The van der Waals surface area contributed by atoms with Crippen LogP contribution in [0.1, 0.15) is 33.3 Å². The van der Waals surface area contributed by atoms with Gasteiger partial charge in [-0.15, -0.1) is 22.7 Å². The molecule has 0 aliphatic heterocycles. The Labute approximate surface area is 170 Å². The van der Waals surface area contributed by atoms with Gasteiger partial charge in [-0.05, 0) is 50.2 Å². The molecule has 0 saturated heterocycles. The van der Waals surface area contributed by atoms with E-state index in [0.29, 0.717) is 15.6 Å². The van der Waals surface area contributed by atoms with Crippen molar-refractivity contribution in [2.24, 2.45) is 0 Å². The summed E-state index contributed by atoms with van der Waals surface area (Å²) in [5.41, 5.74) is 2.43. The van der Waals surface area contributed by atoms with E-state index < -0.39 is 0 Å². The summed E-state index contributed by atoms with van der Waals surface area (Å²) in [5, 5.41) is 1.61. The number of carbonyl (C=O) groups excluding carboxylic acids is 1. The molecule has 0 fully saturated rings. The predicted molar refractivity (Wildman–Crippen MR) is 112 cm³/mol. The van der Waals surface area contributed by atoms with Gasteiger partial charge in [0, 0.05) is 12.6 Å². The Bertz CT molecular complexity index is 1120. The third-order valence-electron chi connectivity index (χ3n) is 4.65. The molecular weight excluding hydrogens is 393 g/mol. The monoisotopic (exact) mass is 411 g/mol. The molecule has 4 rings (SSSR count). The van der Waals surface area contributed by atoms with Crippen molar-refractivity contribution in [1.29, 1.82) is 0 Å². The molecule has 2 heterocycles. The van der Waals surface area contributed by atoms with Crippen molar-refractivity contribution in [3.63, 3.8) is 0 Å². The topological polar surface area (TPSA) is 46.1 Å². The van der Waals surface area contributed by atoms with Gasteiger partial charge in [-0.1, -0.05) is 12.1 Å². The van der Waals surface area contributed by atoms with Crippen molar-refractivity contribution >= 4 is 38.8 Å². The fourth-order valence-electron chi connectivity index (χ4n) is 2.88. The van der Waals surface area contributed by atoms with Crippen molar-refractivity contribution in [3.8, 4) is 10.6 Å². The van der Waals surface area contributed by atoms with Crippen molar-refractivity contribution in [2.75, 3.05) is 7.05 Å². The van der Waals surface area contributed by atoms with E-state index in [4.69, 9.17) is 0 Å². The Morgan fingerprint density at radius 3 is 2.50 bits per heavy atom. The quantitative estimate of drug-likeness (QED) is 0.433. The molecule has 1 unspecified atom stereocenters. The standard InChI is InChI=1S/C21H18FN3OS2/c1-12-18(28-20(23-12)14-8-10-15(22)11-9-14)21(26)25(3)13(2)19-24-16-6-4-5-7-17(16)27-19/h4-11,13H,1-3H3. The second kappa shape index (κ2) is 7.41. The Morgan fingerprint density at radius 1 is 1.07 bits per heavy atom. The number of nitrogens with zero attached hydrogens (tertiary/aromatic N) is 3. The van der Waals surface area contributed by atoms with Gasteiger partial charge in [0.1, 0.15) is 20.7 Å². The van der Waals surface area contributed by atoms with Crippen LogP contribution < -0.4 is 0 Å². The van der Waals surface area contributed by atoms with Gasteiger partial charge in [0.25, 0.3) is 5.91 Å². The summed E-state index contributed by atoms with van der Waals surface area (Å²) in [5.74, 6) is -0.382. The highest BCUT2D eigenvalue weighted by Crippen LogP contribution is 2.32. The number of amides is 1. The van der Waals surface area contributed by atoms with E-state index in [1.807, 2.05) is 38.1 Å². The molecule has 0 bridgehead atoms. The van der Waals surface area contributed by atoms with Gasteiger partial charge in [0.15, 0.2) is 0 Å². The zero-order chi connectivity index (χ0) is 19.8. The lowest BCUT2D eigenvalue weighted by Gasteiger charge is -2.22. The van der Waals surface area contributed by atoms with Crippen molar-refractivity contribution in [3.05, 3.63) is 69.9 Å². The minimum Gasteiger partial charge on any atom is -0.332 e. The molecule has 1 atom stereocenters. The minimum absolute atomic E-state index is 0.0879. The van der Waals surface area contributed by atoms with Crippen LogP contribution >= 0.6 is 22.7 Å². The predicted octanol–water partition coefficient (Wildman–Crippen LogP) is 5.70. The number of rotatable bonds is 4. The summed E-state index contributed by atoms with van der Waals surface area (Å²) >= 11 is 2.93. The van der Waals surface area contributed by atoms with Crippen molar-refractivity contribution < 1.29 is 9.18 Å². The van der Waals surface area contributed by atoms with Crippen LogP contribution in [0, 0.1) is 12.7 Å². The number of carbonyl (C=O) groups is 1. The maximum atomic E-state index is 13.2. The summed E-state index contributed by atoms with van der Waals surface area (Å²) in [6.45, 7) is 3.81. The highest BCUT2D eigenvalue weighted by Gasteiger charge is 2.25. The zero-order valence-electron chi connectivity index (χ0n) is 15.6. The first-order valence-electron chi connectivity index (χ1n) is 8.80. The van der Waals surface area contributed by atoms with Crippen LogP contribution in [0.2, 0.25) is 0 Å². The molecule has 1 amide bonds.